The Labute approximate surface area is 313 Å². The van der Waals surface area contributed by atoms with Crippen LogP contribution in [0.15, 0.2) is 60.7 Å². The van der Waals surface area contributed by atoms with E-state index in [9.17, 15) is 14.7 Å². The number of aromatic nitrogens is 1. The Morgan fingerprint density at radius 3 is 2.54 bits per heavy atom. The number of aliphatic carboxylic acids is 1. The molecule has 0 saturated carbocycles. The summed E-state index contributed by atoms with van der Waals surface area (Å²) in [5.41, 5.74) is 8.66. The molecule has 12 heteroatoms. The van der Waals surface area contributed by atoms with E-state index >= 15 is 0 Å². The van der Waals surface area contributed by atoms with Crippen LogP contribution in [0.2, 0.25) is 10.0 Å². The van der Waals surface area contributed by atoms with Crippen LogP contribution < -0.4 is 25.4 Å². The first-order valence-electron chi connectivity index (χ1n) is 17.8. The van der Waals surface area contributed by atoms with Crippen molar-refractivity contribution in [3.63, 3.8) is 0 Å². The van der Waals surface area contributed by atoms with Gasteiger partial charge >= 0.3 is 5.97 Å². The molecule has 2 saturated heterocycles. The molecule has 0 spiro atoms. The molecule has 0 unspecified atom stereocenters. The Morgan fingerprint density at radius 2 is 1.79 bits per heavy atom. The zero-order valence-corrected chi connectivity index (χ0v) is 30.8. The lowest BCUT2D eigenvalue weighted by molar-refractivity contribution is -0.141. The van der Waals surface area contributed by atoms with Crippen molar-refractivity contribution >= 4 is 40.8 Å². The number of likely N-dealkylation sites (tertiary alicyclic amines) is 1. The molecule has 2 fully saturated rings. The van der Waals surface area contributed by atoms with Crippen molar-refractivity contribution in [3.05, 3.63) is 93.0 Å². The van der Waals surface area contributed by atoms with Crippen molar-refractivity contribution in [2.75, 3.05) is 39.2 Å². The molecule has 2 aliphatic heterocycles. The summed E-state index contributed by atoms with van der Waals surface area (Å²) in [6, 6.07) is 20.4. The molecular weight excluding hydrogens is 701 g/mol. The van der Waals surface area contributed by atoms with Gasteiger partial charge in [0.15, 0.2) is 0 Å². The number of hydrogen-bond acceptors (Lipinski definition) is 8. The Morgan fingerprint density at radius 1 is 0.981 bits per heavy atom. The van der Waals surface area contributed by atoms with Crippen LogP contribution in [0.4, 0.5) is 5.69 Å². The normalized spacial score (nSPS) is 19.8. The monoisotopic (exact) mass is 743 g/mol. The van der Waals surface area contributed by atoms with Crippen LogP contribution in [0.3, 0.4) is 0 Å². The van der Waals surface area contributed by atoms with Gasteiger partial charge in [-0.2, -0.15) is 0 Å². The van der Waals surface area contributed by atoms with Gasteiger partial charge < -0.3 is 30.5 Å². The number of carbonyl (C=O) groups is 2. The van der Waals surface area contributed by atoms with E-state index in [1.54, 1.807) is 14.2 Å². The first-order chi connectivity index (χ1) is 25.2. The molecule has 0 bridgehead atoms. The molecule has 1 aromatic heterocycles. The van der Waals surface area contributed by atoms with Crippen molar-refractivity contribution in [2.24, 2.45) is 5.92 Å². The Bertz CT molecular complexity index is 1990. The van der Waals surface area contributed by atoms with E-state index in [0.29, 0.717) is 54.9 Å². The minimum absolute atomic E-state index is 0.0388. The van der Waals surface area contributed by atoms with Crippen LogP contribution in [-0.2, 0) is 29.1 Å². The Balaban J connectivity index is 1.08. The lowest BCUT2D eigenvalue weighted by atomic mass is 9.94. The number of amides is 1. The van der Waals surface area contributed by atoms with E-state index in [1.165, 1.54) is 11.1 Å². The predicted octanol–water partition coefficient (Wildman–Crippen LogP) is 7.11. The molecule has 1 amide bonds. The minimum Gasteiger partial charge on any atom is -0.496 e. The highest BCUT2D eigenvalue weighted by Gasteiger charge is 2.30. The second kappa shape index (κ2) is 15.7. The number of rotatable bonds is 13. The number of methoxy groups -OCH3 is 2. The average molecular weight is 745 g/mol. The number of benzene rings is 3. The quantitative estimate of drug-likeness (QED) is 0.113. The van der Waals surface area contributed by atoms with Gasteiger partial charge in [-0.15, -0.1) is 0 Å². The van der Waals surface area contributed by atoms with Crippen LogP contribution in [0, 0.1) is 5.92 Å². The van der Waals surface area contributed by atoms with Crippen LogP contribution in [0.1, 0.15) is 54.0 Å². The number of carboxylic acid groups (broad SMARTS) is 1. The van der Waals surface area contributed by atoms with Crippen molar-refractivity contribution in [1.29, 1.82) is 0 Å². The summed E-state index contributed by atoms with van der Waals surface area (Å²) in [5, 5.41) is 20.7. The fraction of sp³-hybridized carbons (Fsp3) is 0.375. The fourth-order valence-corrected chi connectivity index (χ4v) is 8.33. The van der Waals surface area contributed by atoms with Gasteiger partial charge in [-0.3, -0.25) is 14.5 Å². The SMILES string of the molecule is COc1cc(N[C@H]2CCc3c(-c4cccc(-c5ccc(CNC[C@@H]6CCC(=O)N6)c(OC)n5)c4Cl)cccc32)c(Cl)cc1CN1CC[C@@H](C(=O)O)C1. The van der Waals surface area contributed by atoms with E-state index in [2.05, 4.69) is 45.1 Å². The Kier molecular flexibility index (Phi) is 10.9. The maximum Gasteiger partial charge on any atom is 0.307 e. The molecule has 272 valence electrons. The van der Waals surface area contributed by atoms with E-state index in [1.807, 2.05) is 36.4 Å². The number of nitrogens with one attached hydrogen (secondary N) is 3. The van der Waals surface area contributed by atoms with Gasteiger partial charge in [-0.05, 0) is 61.1 Å². The molecule has 3 heterocycles. The third kappa shape index (κ3) is 7.57. The molecular formula is C40H43Cl2N5O5. The number of hydrogen-bond donors (Lipinski definition) is 4. The van der Waals surface area contributed by atoms with Crippen molar-refractivity contribution < 1.29 is 24.2 Å². The third-order valence-corrected chi connectivity index (χ3v) is 11.2. The molecule has 3 aliphatic rings. The van der Waals surface area contributed by atoms with Crippen LogP contribution in [0.25, 0.3) is 22.4 Å². The van der Waals surface area contributed by atoms with Gasteiger partial charge in [0.05, 0.1) is 47.6 Å². The summed E-state index contributed by atoms with van der Waals surface area (Å²) < 4.78 is 11.5. The smallest absolute Gasteiger partial charge is 0.307 e. The average Bonchev–Trinajstić information content (AvgIpc) is 3.90. The molecule has 7 rings (SSSR count). The van der Waals surface area contributed by atoms with Gasteiger partial charge in [0, 0.05) is 67.0 Å². The van der Waals surface area contributed by atoms with Crippen molar-refractivity contribution in [1.82, 2.24) is 20.5 Å². The molecule has 10 nitrogen and oxygen atoms in total. The number of nitrogens with zero attached hydrogens (tertiary/aromatic N) is 2. The fourth-order valence-electron chi connectivity index (χ4n) is 7.76. The lowest BCUT2D eigenvalue weighted by Gasteiger charge is -2.21. The van der Waals surface area contributed by atoms with Crippen molar-refractivity contribution in [2.45, 2.75) is 57.3 Å². The summed E-state index contributed by atoms with van der Waals surface area (Å²) in [6.45, 7) is 3.08. The predicted molar refractivity (Wildman–Crippen MR) is 203 cm³/mol. The van der Waals surface area contributed by atoms with E-state index in [-0.39, 0.29) is 23.9 Å². The van der Waals surface area contributed by atoms with E-state index < -0.39 is 5.97 Å². The topological polar surface area (TPSA) is 125 Å². The van der Waals surface area contributed by atoms with Crippen LogP contribution >= 0.6 is 23.2 Å². The molecule has 1 aliphatic carbocycles. The zero-order valence-electron chi connectivity index (χ0n) is 29.3. The van der Waals surface area contributed by atoms with Crippen LogP contribution in [-0.4, -0.2) is 66.8 Å². The summed E-state index contributed by atoms with van der Waals surface area (Å²) >= 11 is 14.1. The standard InChI is InChI=1S/C40H43Cl2N5O5/c1-51-36-18-35(32(41)17-25(36)22-47-16-15-24(21-47)40(49)50)45-33-13-11-28-27(5-3-6-29(28)33)30-7-4-8-31(38(30)42)34-12-9-23(39(46-34)52-2)19-43-20-26-10-14-37(48)44-26/h3-9,12,17-18,24,26,33,43,45H,10-11,13-16,19-22H2,1-2H3,(H,44,48)(H,49,50)/t24-,26+,33+/m1/s1. The first-order valence-corrected chi connectivity index (χ1v) is 18.5. The Hall–Kier alpha value is -4.35. The van der Waals surface area contributed by atoms with E-state index in [0.717, 1.165) is 70.8 Å². The maximum absolute atomic E-state index is 11.5. The number of carboxylic acids is 1. The first kappa shape index (κ1) is 36.0. The molecule has 0 radical (unpaired) electrons. The van der Waals surface area contributed by atoms with E-state index in [4.69, 9.17) is 37.7 Å². The minimum atomic E-state index is -0.747. The summed E-state index contributed by atoms with van der Waals surface area (Å²) in [5.74, 6) is 0.264. The highest BCUT2D eigenvalue weighted by Crippen LogP contribution is 2.44. The zero-order chi connectivity index (χ0) is 36.4. The van der Waals surface area contributed by atoms with Gasteiger partial charge in [0.1, 0.15) is 5.75 Å². The maximum atomic E-state index is 11.5. The molecule has 3 atom stereocenters. The van der Waals surface area contributed by atoms with Gasteiger partial charge in [0.2, 0.25) is 11.8 Å². The summed E-state index contributed by atoms with van der Waals surface area (Å²) in [7, 11) is 3.26. The molecule has 4 aromatic rings. The van der Waals surface area contributed by atoms with Gasteiger partial charge in [0.25, 0.3) is 0 Å². The second-order valence-electron chi connectivity index (χ2n) is 13.8. The number of carbonyl (C=O) groups excluding carboxylic acids is 1. The molecule has 3 aromatic carbocycles. The molecule has 4 N–H and O–H groups in total. The number of fused-ring (bicyclic) bond motifs is 1. The van der Waals surface area contributed by atoms with Gasteiger partial charge in [-0.25, -0.2) is 4.98 Å². The molecule has 52 heavy (non-hydrogen) atoms. The second-order valence-corrected chi connectivity index (χ2v) is 14.6. The number of anilines is 1. The number of ether oxygens (including phenoxy) is 2. The van der Waals surface area contributed by atoms with Crippen molar-refractivity contribution in [3.8, 4) is 34.0 Å². The third-order valence-electron chi connectivity index (χ3n) is 10.5. The largest absolute Gasteiger partial charge is 0.496 e. The van der Waals surface area contributed by atoms with Gasteiger partial charge in [-0.1, -0.05) is 65.7 Å². The highest BCUT2D eigenvalue weighted by molar-refractivity contribution is 6.36. The number of pyridine rings is 1. The number of halogens is 2. The van der Waals surface area contributed by atoms with Crippen LogP contribution in [0.5, 0.6) is 11.6 Å². The summed E-state index contributed by atoms with van der Waals surface area (Å²) in [6.07, 6.45) is 3.82. The lowest BCUT2D eigenvalue weighted by Crippen LogP contribution is -2.35. The highest BCUT2D eigenvalue weighted by atomic mass is 35.5. The summed E-state index contributed by atoms with van der Waals surface area (Å²) in [4.78, 5) is 30.0.